The van der Waals surface area contributed by atoms with Gasteiger partial charge in [-0.1, -0.05) is 172 Å². The summed E-state index contributed by atoms with van der Waals surface area (Å²) in [5.74, 6) is 0. The zero-order valence-corrected chi connectivity index (χ0v) is 36.7. The standard InChI is InChI=1S/C63H44N2O/c1-63(2)56-18-8-3-14-50(56)51-37-31-45(39-57(51)63)43-29-34-47(35-30-43)64(48-36-38-62-55(40-48)54-17-7-12-22-61(54)66-62)46-32-27-42(28-33-46)41-23-25-44(26-24-41)49-13-4-9-19-58(49)65-59-20-10-5-15-52(59)53-16-6-11-21-60(53)65/h3-40H,1-2H3. The molecule has 1 aliphatic carbocycles. The van der Waals surface area contributed by atoms with Crippen molar-refractivity contribution in [2.45, 2.75) is 19.3 Å². The first-order valence-corrected chi connectivity index (χ1v) is 22.8. The predicted molar refractivity (Wildman–Crippen MR) is 277 cm³/mol. The monoisotopic (exact) mass is 844 g/mol. The smallest absolute Gasteiger partial charge is 0.135 e. The van der Waals surface area contributed by atoms with Crippen molar-refractivity contribution in [3.63, 3.8) is 0 Å². The highest BCUT2D eigenvalue weighted by molar-refractivity contribution is 6.10. The van der Waals surface area contributed by atoms with Gasteiger partial charge in [0.15, 0.2) is 0 Å². The lowest BCUT2D eigenvalue weighted by Gasteiger charge is -2.26. The molecule has 0 aliphatic heterocycles. The van der Waals surface area contributed by atoms with E-state index in [1.165, 1.54) is 77.6 Å². The Balaban J connectivity index is 0.851. The van der Waals surface area contributed by atoms with E-state index in [9.17, 15) is 0 Å². The number of furan rings is 1. The lowest BCUT2D eigenvalue weighted by atomic mass is 9.81. The summed E-state index contributed by atoms with van der Waals surface area (Å²) in [7, 11) is 0. The number of para-hydroxylation sites is 4. The average Bonchev–Trinajstić information content (AvgIpc) is 3.99. The molecule has 3 nitrogen and oxygen atoms in total. The van der Waals surface area contributed by atoms with E-state index in [0.29, 0.717) is 0 Å². The fraction of sp³-hybridized carbons (Fsp3) is 0.0476. The Morgan fingerprint density at radius 2 is 0.833 bits per heavy atom. The third-order valence-electron chi connectivity index (χ3n) is 14.0. The molecule has 2 aromatic heterocycles. The van der Waals surface area contributed by atoms with Crippen molar-refractivity contribution in [2.24, 2.45) is 0 Å². The second-order valence-corrected chi connectivity index (χ2v) is 18.1. The molecule has 0 fully saturated rings. The van der Waals surface area contributed by atoms with E-state index < -0.39 is 0 Å². The normalized spacial score (nSPS) is 12.8. The van der Waals surface area contributed by atoms with Gasteiger partial charge in [0.2, 0.25) is 0 Å². The van der Waals surface area contributed by atoms with Crippen LogP contribution in [0.2, 0.25) is 0 Å². The predicted octanol–water partition coefficient (Wildman–Crippen LogP) is 17.5. The van der Waals surface area contributed by atoms with Gasteiger partial charge in [-0.2, -0.15) is 0 Å². The van der Waals surface area contributed by atoms with Crippen LogP contribution < -0.4 is 4.90 Å². The zero-order chi connectivity index (χ0) is 43.9. The molecule has 0 amide bonds. The second-order valence-electron chi connectivity index (χ2n) is 18.1. The molecule has 312 valence electrons. The van der Waals surface area contributed by atoms with Crippen molar-refractivity contribution in [2.75, 3.05) is 4.90 Å². The maximum Gasteiger partial charge on any atom is 0.135 e. The molecule has 2 heterocycles. The summed E-state index contributed by atoms with van der Waals surface area (Å²) < 4.78 is 8.68. The van der Waals surface area contributed by atoms with Crippen molar-refractivity contribution in [3.8, 4) is 50.2 Å². The molecule has 10 aromatic carbocycles. The quantitative estimate of drug-likeness (QED) is 0.159. The van der Waals surface area contributed by atoms with Crippen LogP contribution in [0.3, 0.4) is 0 Å². The third-order valence-corrected chi connectivity index (χ3v) is 14.0. The third kappa shape index (κ3) is 5.97. The second kappa shape index (κ2) is 14.8. The highest BCUT2D eigenvalue weighted by Gasteiger charge is 2.35. The maximum atomic E-state index is 6.27. The van der Waals surface area contributed by atoms with Crippen LogP contribution in [-0.4, -0.2) is 4.57 Å². The number of hydrogen-bond acceptors (Lipinski definition) is 2. The number of benzene rings is 10. The van der Waals surface area contributed by atoms with Gasteiger partial charge in [0.25, 0.3) is 0 Å². The van der Waals surface area contributed by atoms with E-state index in [0.717, 1.165) is 44.6 Å². The minimum Gasteiger partial charge on any atom is -0.456 e. The summed E-state index contributed by atoms with van der Waals surface area (Å²) in [4.78, 5) is 2.35. The van der Waals surface area contributed by atoms with Crippen LogP contribution in [0.5, 0.6) is 0 Å². The minimum atomic E-state index is -0.0530. The van der Waals surface area contributed by atoms with Gasteiger partial charge in [-0.05, 0) is 123 Å². The number of fused-ring (bicyclic) bond motifs is 9. The van der Waals surface area contributed by atoms with Crippen LogP contribution in [0.1, 0.15) is 25.0 Å². The molecular weight excluding hydrogens is 801 g/mol. The molecule has 13 rings (SSSR count). The molecule has 0 radical (unpaired) electrons. The topological polar surface area (TPSA) is 21.3 Å². The molecule has 0 N–H and O–H groups in total. The maximum absolute atomic E-state index is 6.27. The summed E-state index contributed by atoms with van der Waals surface area (Å²) >= 11 is 0. The number of anilines is 3. The van der Waals surface area contributed by atoms with E-state index in [1.54, 1.807) is 0 Å². The lowest BCUT2D eigenvalue weighted by Crippen LogP contribution is -2.14. The summed E-state index contributed by atoms with van der Waals surface area (Å²) in [5, 5.41) is 4.74. The molecule has 0 saturated heterocycles. The van der Waals surface area contributed by atoms with Gasteiger partial charge in [-0.15, -0.1) is 0 Å². The van der Waals surface area contributed by atoms with Gasteiger partial charge in [-0.25, -0.2) is 0 Å². The molecule has 0 unspecified atom stereocenters. The fourth-order valence-corrected chi connectivity index (χ4v) is 10.7. The summed E-state index contributed by atoms with van der Waals surface area (Å²) in [6.07, 6.45) is 0. The zero-order valence-electron chi connectivity index (χ0n) is 36.7. The van der Waals surface area contributed by atoms with Crippen molar-refractivity contribution in [3.05, 3.63) is 242 Å². The summed E-state index contributed by atoms with van der Waals surface area (Å²) in [6, 6.07) is 83.8. The van der Waals surface area contributed by atoms with Crippen molar-refractivity contribution in [1.82, 2.24) is 4.57 Å². The van der Waals surface area contributed by atoms with Gasteiger partial charge in [0.05, 0.1) is 16.7 Å². The van der Waals surface area contributed by atoms with Gasteiger partial charge in [0, 0.05) is 49.6 Å². The summed E-state index contributed by atoms with van der Waals surface area (Å²) in [6.45, 7) is 4.69. The Hall–Kier alpha value is -8.40. The van der Waals surface area contributed by atoms with E-state index >= 15 is 0 Å². The Morgan fingerprint density at radius 1 is 0.348 bits per heavy atom. The van der Waals surface area contributed by atoms with Crippen molar-refractivity contribution >= 4 is 60.8 Å². The van der Waals surface area contributed by atoms with Gasteiger partial charge >= 0.3 is 0 Å². The number of aromatic nitrogens is 1. The Labute approximate surface area is 384 Å². The highest BCUT2D eigenvalue weighted by Crippen LogP contribution is 2.50. The van der Waals surface area contributed by atoms with E-state index in [1.807, 2.05) is 12.1 Å². The molecule has 0 spiro atoms. The number of nitrogens with zero attached hydrogens (tertiary/aromatic N) is 2. The SMILES string of the molecule is CC1(C)c2ccccc2-c2ccc(-c3ccc(N(c4ccc(-c5ccc(-c6ccccc6-n6c7ccccc7c7ccccc76)cc5)cc4)c4ccc5oc6ccccc6c5c4)cc3)cc21. The van der Waals surface area contributed by atoms with Crippen LogP contribution in [0.4, 0.5) is 17.1 Å². The lowest BCUT2D eigenvalue weighted by molar-refractivity contribution is 0.660. The Morgan fingerprint density at radius 3 is 1.53 bits per heavy atom. The Bertz CT molecular complexity index is 3780. The minimum absolute atomic E-state index is 0.0530. The van der Waals surface area contributed by atoms with E-state index in [-0.39, 0.29) is 5.41 Å². The highest BCUT2D eigenvalue weighted by atomic mass is 16.3. The molecule has 3 heteroatoms. The molecule has 12 aromatic rings. The first-order valence-electron chi connectivity index (χ1n) is 22.8. The summed E-state index contributed by atoms with van der Waals surface area (Å²) in [5.41, 5.74) is 21.1. The van der Waals surface area contributed by atoms with Gasteiger partial charge in [-0.3, -0.25) is 0 Å². The van der Waals surface area contributed by atoms with Gasteiger partial charge in [0.1, 0.15) is 11.2 Å². The van der Waals surface area contributed by atoms with Crippen molar-refractivity contribution in [1.29, 1.82) is 0 Å². The molecule has 66 heavy (non-hydrogen) atoms. The number of rotatable bonds is 7. The van der Waals surface area contributed by atoms with Gasteiger partial charge < -0.3 is 13.9 Å². The van der Waals surface area contributed by atoms with Crippen LogP contribution >= 0.6 is 0 Å². The van der Waals surface area contributed by atoms with Crippen LogP contribution in [0.15, 0.2) is 235 Å². The largest absolute Gasteiger partial charge is 0.456 e. The van der Waals surface area contributed by atoms with Crippen LogP contribution in [0.25, 0.3) is 93.9 Å². The average molecular weight is 845 g/mol. The van der Waals surface area contributed by atoms with Crippen LogP contribution in [-0.2, 0) is 5.41 Å². The molecular formula is C63H44N2O. The molecule has 0 saturated carbocycles. The van der Waals surface area contributed by atoms with E-state index in [4.69, 9.17) is 4.42 Å². The molecule has 1 aliphatic rings. The molecule has 0 bridgehead atoms. The number of hydrogen-bond donors (Lipinski definition) is 0. The van der Waals surface area contributed by atoms with E-state index in [2.05, 4.69) is 242 Å². The van der Waals surface area contributed by atoms with Crippen LogP contribution in [0, 0.1) is 0 Å². The molecule has 0 atom stereocenters. The Kier molecular flexibility index (Phi) is 8.56. The fourth-order valence-electron chi connectivity index (χ4n) is 10.7. The first kappa shape index (κ1) is 38.1. The van der Waals surface area contributed by atoms with Crippen molar-refractivity contribution < 1.29 is 4.42 Å². The first-order chi connectivity index (χ1) is 32.5.